The van der Waals surface area contributed by atoms with Crippen LogP contribution >= 0.6 is 7.41 Å². The Morgan fingerprint density at radius 3 is 0.851 bits per heavy atom. The molecule has 0 saturated heterocycles. The first-order chi connectivity index (χ1) is 21.2. The van der Waals surface area contributed by atoms with Crippen molar-refractivity contribution in [2.24, 2.45) is 10.2 Å². The molecule has 17 heteroatoms. The molecule has 0 aromatic heterocycles. The quantitative estimate of drug-likeness (QED) is 0.0630. The molecule has 0 spiro atoms. The molecule has 0 aliphatic rings. The summed E-state index contributed by atoms with van der Waals surface area (Å²) in [5.41, 5.74) is -7.38. The van der Waals surface area contributed by atoms with E-state index in [1.165, 1.54) is 0 Å². The molecule has 258 valence electrons. The zero-order chi connectivity index (χ0) is 36.4. The largest absolute Gasteiger partial charge is 0.584 e. The Bertz CT molecular complexity index is 1500. The minimum Gasteiger partial charge on any atom is -0.584 e. The Kier molecular flexibility index (Phi) is 9.99. The summed E-state index contributed by atoms with van der Waals surface area (Å²) in [4.78, 5) is 4.28. The molecule has 0 fully saturated rings. The Morgan fingerprint density at radius 2 is 0.660 bits per heavy atom. The molecular weight excluding hydrogens is 674 g/mol. The van der Waals surface area contributed by atoms with Crippen molar-refractivity contribution in [3.8, 4) is 0 Å². The number of benzene rings is 3. The lowest BCUT2D eigenvalue weighted by Gasteiger charge is -2.49. The van der Waals surface area contributed by atoms with Crippen LogP contribution in [0.5, 0.6) is 0 Å². The Hall–Kier alpha value is -3.29. The van der Waals surface area contributed by atoms with Gasteiger partial charge in [-0.25, -0.2) is 52.7 Å². The molecule has 0 aliphatic heterocycles. The van der Waals surface area contributed by atoms with Crippen molar-refractivity contribution in [2.75, 3.05) is 0 Å². The van der Waals surface area contributed by atoms with E-state index in [0.717, 1.165) is 0 Å². The van der Waals surface area contributed by atoms with E-state index in [4.69, 9.17) is 4.76 Å². The molecule has 0 atom stereocenters. The van der Waals surface area contributed by atoms with Crippen LogP contribution in [0.3, 0.4) is 0 Å². The van der Waals surface area contributed by atoms with Crippen LogP contribution < -0.4 is 16.4 Å². The van der Waals surface area contributed by atoms with Gasteiger partial charge in [-0.05, 0) is 62.3 Å². The molecule has 3 nitrogen and oxygen atoms in total. The van der Waals surface area contributed by atoms with Gasteiger partial charge in [-0.2, -0.15) is 0 Å². The van der Waals surface area contributed by atoms with E-state index in [0.29, 0.717) is 0 Å². The zero-order valence-corrected chi connectivity index (χ0v) is 27.5. The number of halogens is 12. The lowest BCUT2D eigenvalue weighted by atomic mass is 9.27. The van der Waals surface area contributed by atoms with E-state index in [1.54, 1.807) is 62.3 Å². The summed E-state index contributed by atoms with van der Waals surface area (Å²) in [7, 11) is -3.20. The molecule has 0 amide bonds. The maximum atomic E-state index is 15.7. The summed E-state index contributed by atoms with van der Waals surface area (Å²) in [5.74, 6) is -30.3. The maximum Gasteiger partial charge on any atom is 0.294 e. The monoisotopic (exact) mass is 704 g/mol. The van der Waals surface area contributed by atoms with Gasteiger partial charge < -0.3 is 4.76 Å². The predicted molar refractivity (Wildman–Crippen MR) is 156 cm³/mol. The second-order valence-electron chi connectivity index (χ2n) is 13.9. The van der Waals surface area contributed by atoms with Gasteiger partial charge in [0.2, 0.25) is 0 Å². The van der Waals surface area contributed by atoms with Gasteiger partial charge in [0.1, 0.15) is 34.9 Å². The molecule has 0 heterocycles. The Labute approximate surface area is 263 Å². The van der Waals surface area contributed by atoms with Crippen LogP contribution in [0.25, 0.3) is 0 Å². The van der Waals surface area contributed by atoms with Crippen molar-refractivity contribution >= 4 is 30.2 Å². The van der Waals surface area contributed by atoms with Gasteiger partial charge in [0, 0.05) is 28.4 Å². The van der Waals surface area contributed by atoms with Crippen LogP contribution in [-0.2, 0) is 4.76 Å². The lowest BCUT2D eigenvalue weighted by Crippen LogP contribution is -2.74. The fraction of sp³-hybridized carbons (Fsp3) is 0.400. The van der Waals surface area contributed by atoms with E-state index in [9.17, 15) is 26.3 Å². The number of hydrogen-bond acceptors (Lipinski definition) is 3. The van der Waals surface area contributed by atoms with Gasteiger partial charge in [-0.15, -0.1) is 0 Å². The third-order valence-electron chi connectivity index (χ3n) is 7.95. The SMILES string of the molecule is CC(C)(C)[P+](/N=N/O[B-](c1c(F)c(F)cc(F)c1F)(c1c(F)c(F)cc(F)c1F)c1c(F)c(F)cc(F)c1F)(C(C)(C)C)C(C)(C)C. The molecule has 47 heavy (non-hydrogen) atoms. The minimum atomic E-state index is -5.79. The van der Waals surface area contributed by atoms with E-state index in [-0.39, 0.29) is 0 Å². The molecule has 0 radical (unpaired) electrons. The van der Waals surface area contributed by atoms with Crippen LogP contribution in [0, 0.1) is 69.8 Å². The minimum absolute atomic E-state index is 0.427. The molecule has 0 bridgehead atoms. The van der Waals surface area contributed by atoms with E-state index in [2.05, 4.69) is 10.2 Å². The van der Waals surface area contributed by atoms with Gasteiger partial charge in [0.25, 0.3) is 6.35 Å². The first-order valence-electron chi connectivity index (χ1n) is 13.9. The first-order valence-corrected chi connectivity index (χ1v) is 15.6. The van der Waals surface area contributed by atoms with Crippen molar-refractivity contribution in [2.45, 2.75) is 77.8 Å². The molecule has 3 aromatic carbocycles. The van der Waals surface area contributed by atoms with Crippen molar-refractivity contribution in [3.05, 3.63) is 88.0 Å². The zero-order valence-electron chi connectivity index (χ0n) is 26.6. The predicted octanol–water partition coefficient (Wildman–Crippen LogP) is 9.03. The molecule has 3 aromatic rings. The van der Waals surface area contributed by atoms with Crippen molar-refractivity contribution < 1.29 is 57.4 Å². The molecule has 0 N–H and O–H groups in total. The summed E-state index contributed by atoms with van der Waals surface area (Å²) in [6.45, 7) is 15.2. The van der Waals surface area contributed by atoms with Crippen molar-refractivity contribution in [3.63, 3.8) is 0 Å². The highest BCUT2D eigenvalue weighted by Gasteiger charge is 2.67. The van der Waals surface area contributed by atoms with Crippen LogP contribution in [0.4, 0.5) is 52.7 Å². The summed E-state index contributed by atoms with van der Waals surface area (Å²) >= 11 is 0. The maximum absolute atomic E-state index is 15.7. The molecule has 0 unspecified atom stereocenters. The average Bonchev–Trinajstić information content (AvgIpc) is 2.90. The van der Waals surface area contributed by atoms with Gasteiger partial charge >= 0.3 is 0 Å². The van der Waals surface area contributed by atoms with Gasteiger partial charge in [0.15, 0.2) is 42.3 Å². The lowest BCUT2D eigenvalue weighted by molar-refractivity contribution is 0.311. The van der Waals surface area contributed by atoms with Crippen molar-refractivity contribution in [1.82, 2.24) is 0 Å². The van der Waals surface area contributed by atoms with Crippen LogP contribution in [0.15, 0.2) is 28.4 Å². The normalized spacial score (nSPS) is 13.6. The van der Waals surface area contributed by atoms with Gasteiger partial charge in [0.05, 0.1) is 15.5 Å². The topological polar surface area (TPSA) is 34.0 Å². The fourth-order valence-corrected chi connectivity index (χ4v) is 14.0. The first kappa shape index (κ1) is 38.2. The highest BCUT2D eigenvalue weighted by Crippen LogP contribution is 2.84. The Morgan fingerprint density at radius 1 is 0.447 bits per heavy atom. The summed E-state index contributed by atoms with van der Waals surface area (Å²) in [6.07, 6.45) is -5.79. The molecular formula is C30H30BF12N2OP. The van der Waals surface area contributed by atoms with Crippen LogP contribution in [-0.4, -0.2) is 21.8 Å². The number of nitrogens with zero attached hydrogens (tertiary/aromatic N) is 2. The smallest absolute Gasteiger partial charge is 0.294 e. The third kappa shape index (κ3) is 5.88. The van der Waals surface area contributed by atoms with Gasteiger partial charge in [-0.3, -0.25) is 0 Å². The number of hydrogen-bond donors (Lipinski definition) is 0. The fourth-order valence-electron chi connectivity index (χ4n) is 7.00. The second-order valence-corrected chi connectivity index (χ2v) is 19.3. The molecule has 3 rings (SSSR count). The van der Waals surface area contributed by atoms with Crippen molar-refractivity contribution in [1.29, 1.82) is 0 Å². The third-order valence-corrected chi connectivity index (χ3v) is 14.1. The van der Waals surface area contributed by atoms with E-state index < -0.39 is 134 Å². The summed E-state index contributed by atoms with van der Waals surface area (Å²) in [6, 6.07) is -1.28. The van der Waals surface area contributed by atoms with E-state index >= 15 is 26.3 Å². The molecule has 0 saturated carbocycles. The van der Waals surface area contributed by atoms with Gasteiger partial charge in [-0.1, -0.05) is 16.4 Å². The van der Waals surface area contributed by atoms with E-state index in [1.807, 2.05) is 0 Å². The number of rotatable bonds is 6. The summed E-state index contributed by atoms with van der Waals surface area (Å²) < 4.78 is 188. The van der Waals surface area contributed by atoms with Crippen LogP contribution in [0.1, 0.15) is 62.3 Å². The second kappa shape index (κ2) is 12.3. The summed E-state index contributed by atoms with van der Waals surface area (Å²) in [5, 5.41) is 0.760. The average molecular weight is 704 g/mol. The van der Waals surface area contributed by atoms with Crippen LogP contribution in [0.2, 0.25) is 0 Å². The standard InChI is InChI=1S/C30H30BF12N2OP/c1-28(2,3)47(29(4,5)6,30(7,8)9)45-44-46-31(19-22(38)13(32)10-14(33)23(19)39,20-24(40)15(34)11-16(35)25(20)41)21-26(42)17(36)12-18(37)27(21)43/h10-12H,1-9H3/b45-44+. The molecule has 0 aliphatic carbocycles. The highest BCUT2D eigenvalue weighted by atomic mass is 31.2. The highest BCUT2D eigenvalue weighted by molar-refractivity contribution is 7.78. The Balaban J connectivity index is 2.81.